The molecule has 0 aliphatic heterocycles. The zero-order chi connectivity index (χ0) is 14.7. The predicted molar refractivity (Wildman–Crippen MR) is 78.3 cm³/mol. The second-order valence-electron chi connectivity index (χ2n) is 4.47. The lowest BCUT2D eigenvalue weighted by atomic mass is 10.3. The van der Waals surface area contributed by atoms with Crippen LogP contribution in [0.15, 0.2) is 47.8 Å². The third-order valence-electron chi connectivity index (χ3n) is 3.03. The van der Waals surface area contributed by atoms with Crippen LogP contribution in [0.2, 0.25) is 0 Å². The molecule has 0 fully saturated rings. The Bertz CT molecular complexity index is 829. The van der Waals surface area contributed by atoms with Crippen LogP contribution in [0.25, 0.3) is 10.9 Å². The minimum atomic E-state index is -0.106. The molecule has 0 saturated heterocycles. The Balaban J connectivity index is 1.96. The van der Waals surface area contributed by atoms with E-state index in [1.165, 1.54) is 10.9 Å². The molecule has 0 radical (unpaired) electrons. The van der Waals surface area contributed by atoms with Crippen molar-refractivity contribution in [3.63, 3.8) is 0 Å². The molecule has 106 valence electrons. The summed E-state index contributed by atoms with van der Waals surface area (Å²) < 4.78 is 6.89. The highest BCUT2D eigenvalue weighted by Gasteiger charge is 2.05. The number of nitrogens with zero attached hydrogens (tertiary/aromatic N) is 4. The first-order valence-corrected chi connectivity index (χ1v) is 6.66. The number of fused-ring (bicyclic) bond motifs is 1. The largest absolute Gasteiger partial charge is 0.478 e. The SMILES string of the molecule is CCOc1cccc(Cn2cnc3cnccc3c2=O)n1. The van der Waals surface area contributed by atoms with Gasteiger partial charge in [-0.2, -0.15) is 0 Å². The molecule has 0 aliphatic rings. The van der Waals surface area contributed by atoms with Crippen molar-refractivity contribution in [3.8, 4) is 5.88 Å². The van der Waals surface area contributed by atoms with Crippen molar-refractivity contribution in [2.75, 3.05) is 6.61 Å². The van der Waals surface area contributed by atoms with Crippen LogP contribution in [0.3, 0.4) is 0 Å². The van der Waals surface area contributed by atoms with Crippen LogP contribution in [-0.2, 0) is 6.54 Å². The normalized spacial score (nSPS) is 10.7. The first-order valence-electron chi connectivity index (χ1n) is 6.66. The fourth-order valence-corrected chi connectivity index (χ4v) is 2.07. The maximum absolute atomic E-state index is 12.4. The zero-order valence-electron chi connectivity index (χ0n) is 11.6. The van der Waals surface area contributed by atoms with E-state index in [0.29, 0.717) is 29.9 Å². The molecular formula is C15H14N4O2. The molecule has 0 atom stereocenters. The van der Waals surface area contributed by atoms with Gasteiger partial charge < -0.3 is 4.74 Å². The number of hydrogen-bond acceptors (Lipinski definition) is 5. The number of rotatable bonds is 4. The first-order chi connectivity index (χ1) is 10.3. The van der Waals surface area contributed by atoms with E-state index < -0.39 is 0 Å². The molecule has 0 unspecified atom stereocenters. The third-order valence-corrected chi connectivity index (χ3v) is 3.03. The van der Waals surface area contributed by atoms with Crippen LogP contribution in [0.5, 0.6) is 5.88 Å². The molecule has 0 N–H and O–H groups in total. The summed E-state index contributed by atoms with van der Waals surface area (Å²) in [6.07, 6.45) is 4.68. The monoisotopic (exact) mass is 282 g/mol. The Morgan fingerprint density at radius 3 is 3.05 bits per heavy atom. The van der Waals surface area contributed by atoms with Crippen LogP contribution in [-0.4, -0.2) is 26.1 Å². The molecule has 0 saturated carbocycles. The molecule has 0 bridgehead atoms. The molecule has 0 aliphatic carbocycles. The number of pyridine rings is 2. The summed E-state index contributed by atoms with van der Waals surface area (Å²) in [5.74, 6) is 0.556. The molecule has 3 aromatic rings. The fourth-order valence-electron chi connectivity index (χ4n) is 2.07. The molecule has 21 heavy (non-hydrogen) atoms. The quantitative estimate of drug-likeness (QED) is 0.727. The van der Waals surface area contributed by atoms with Crippen LogP contribution in [0, 0.1) is 0 Å². The summed E-state index contributed by atoms with van der Waals surface area (Å²) in [4.78, 5) is 24.9. The lowest BCUT2D eigenvalue weighted by Gasteiger charge is -2.07. The lowest BCUT2D eigenvalue weighted by Crippen LogP contribution is -2.21. The average molecular weight is 282 g/mol. The van der Waals surface area contributed by atoms with Gasteiger partial charge in [0.15, 0.2) is 0 Å². The Kier molecular flexibility index (Phi) is 3.59. The fraction of sp³-hybridized carbons (Fsp3) is 0.200. The van der Waals surface area contributed by atoms with Crippen LogP contribution in [0.4, 0.5) is 0 Å². The molecule has 0 spiro atoms. The number of ether oxygens (including phenoxy) is 1. The third kappa shape index (κ3) is 2.74. The second kappa shape index (κ2) is 5.70. The standard InChI is InChI=1S/C15H14N4O2/c1-2-21-14-5-3-4-11(18-14)9-19-10-17-13-8-16-7-6-12(13)15(19)20/h3-8,10H,2,9H2,1H3. The number of aromatic nitrogens is 4. The molecule has 6 nitrogen and oxygen atoms in total. The maximum Gasteiger partial charge on any atom is 0.261 e. The van der Waals surface area contributed by atoms with Gasteiger partial charge in [0.05, 0.1) is 42.3 Å². The van der Waals surface area contributed by atoms with E-state index in [9.17, 15) is 4.79 Å². The van der Waals surface area contributed by atoms with Gasteiger partial charge in [0.1, 0.15) is 0 Å². The Labute approximate surface area is 121 Å². The second-order valence-corrected chi connectivity index (χ2v) is 4.47. The van der Waals surface area contributed by atoms with Crippen molar-refractivity contribution in [1.29, 1.82) is 0 Å². The minimum Gasteiger partial charge on any atom is -0.478 e. The molecule has 0 aromatic carbocycles. The highest BCUT2D eigenvalue weighted by Crippen LogP contribution is 2.09. The first kappa shape index (κ1) is 13.2. The number of hydrogen-bond donors (Lipinski definition) is 0. The summed E-state index contributed by atoms with van der Waals surface area (Å²) in [6, 6.07) is 7.17. The van der Waals surface area contributed by atoms with Crippen LogP contribution < -0.4 is 10.3 Å². The van der Waals surface area contributed by atoms with Gasteiger partial charge in [0.25, 0.3) is 5.56 Å². The van der Waals surface area contributed by atoms with E-state index in [1.807, 2.05) is 19.1 Å². The van der Waals surface area contributed by atoms with Gasteiger partial charge in [0.2, 0.25) is 5.88 Å². The van der Waals surface area contributed by atoms with E-state index in [4.69, 9.17) is 4.74 Å². The molecule has 3 aromatic heterocycles. The van der Waals surface area contributed by atoms with Gasteiger partial charge in [-0.3, -0.25) is 14.3 Å². The van der Waals surface area contributed by atoms with Gasteiger partial charge in [0, 0.05) is 12.3 Å². The van der Waals surface area contributed by atoms with Gasteiger partial charge >= 0.3 is 0 Å². The van der Waals surface area contributed by atoms with Gasteiger partial charge in [-0.15, -0.1) is 0 Å². The van der Waals surface area contributed by atoms with E-state index >= 15 is 0 Å². The van der Waals surface area contributed by atoms with E-state index in [1.54, 1.807) is 24.5 Å². The van der Waals surface area contributed by atoms with Crippen molar-refractivity contribution in [3.05, 3.63) is 59.0 Å². The summed E-state index contributed by atoms with van der Waals surface area (Å²) in [5, 5.41) is 0.550. The highest BCUT2D eigenvalue weighted by molar-refractivity contribution is 5.75. The Morgan fingerprint density at radius 1 is 1.29 bits per heavy atom. The van der Waals surface area contributed by atoms with Gasteiger partial charge in [-0.05, 0) is 19.1 Å². The molecular weight excluding hydrogens is 268 g/mol. The molecule has 3 heterocycles. The Hall–Kier alpha value is -2.76. The van der Waals surface area contributed by atoms with Crippen molar-refractivity contribution in [2.24, 2.45) is 0 Å². The van der Waals surface area contributed by atoms with Crippen molar-refractivity contribution in [2.45, 2.75) is 13.5 Å². The highest BCUT2D eigenvalue weighted by atomic mass is 16.5. The smallest absolute Gasteiger partial charge is 0.261 e. The molecule has 0 amide bonds. The Morgan fingerprint density at radius 2 is 2.19 bits per heavy atom. The van der Waals surface area contributed by atoms with Crippen molar-refractivity contribution >= 4 is 10.9 Å². The summed E-state index contributed by atoms with van der Waals surface area (Å²) in [7, 11) is 0. The summed E-state index contributed by atoms with van der Waals surface area (Å²) in [5.41, 5.74) is 1.24. The van der Waals surface area contributed by atoms with Gasteiger partial charge in [-0.1, -0.05) is 6.07 Å². The van der Waals surface area contributed by atoms with Crippen molar-refractivity contribution < 1.29 is 4.74 Å². The zero-order valence-corrected chi connectivity index (χ0v) is 11.6. The van der Waals surface area contributed by atoms with Gasteiger partial charge in [-0.25, -0.2) is 9.97 Å². The molecule has 3 rings (SSSR count). The topological polar surface area (TPSA) is 69.9 Å². The summed E-state index contributed by atoms with van der Waals surface area (Å²) in [6.45, 7) is 2.81. The molecule has 6 heteroatoms. The maximum atomic E-state index is 12.4. The summed E-state index contributed by atoms with van der Waals surface area (Å²) >= 11 is 0. The predicted octanol–water partition coefficient (Wildman–Crippen LogP) is 1.63. The van der Waals surface area contributed by atoms with E-state index in [0.717, 1.165) is 5.69 Å². The minimum absolute atomic E-state index is 0.106. The van der Waals surface area contributed by atoms with Crippen LogP contribution >= 0.6 is 0 Å². The average Bonchev–Trinajstić information content (AvgIpc) is 2.51. The van der Waals surface area contributed by atoms with E-state index in [-0.39, 0.29) is 5.56 Å². The lowest BCUT2D eigenvalue weighted by molar-refractivity contribution is 0.325. The van der Waals surface area contributed by atoms with Crippen molar-refractivity contribution in [1.82, 2.24) is 19.5 Å². The van der Waals surface area contributed by atoms with E-state index in [2.05, 4.69) is 15.0 Å². The van der Waals surface area contributed by atoms with Crippen LogP contribution in [0.1, 0.15) is 12.6 Å².